The number of carbonyl (C=O) groups excluding carboxylic acids is 1. The third-order valence-electron chi connectivity index (χ3n) is 3.52. The van der Waals surface area contributed by atoms with Gasteiger partial charge in [0, 0.05) is 17.0 Å². The maximum absolute atomic E-state index is 12.4. The molecule has 0 radical (unpaired) electrons. The van der Waals surface area contributed by atoms with E-state index in [4.69, 9.17) is 5.73 Å². The summed E-state index contributed by atoms with van der Waals surface area (Å²) in [5, 5.41) is 3.52. The zero-order valence-corrected chi connectivity index (χ0v) is 13.6. The van der Waals surface area contributed by atoms with Crippen LogP contribution in [0.15, 0.2) is 24.3 Å². The van der Waals surface area contributed by atoms with Crippen LogP contribution in [0.4, 0.5) is 5.00 Å². The highest BCUT2D eigenvalue weighted by atomic mass is 32.1. The van der Waals surface area contributed by atoms with Crippen LogP contribution in [0.3, 0.4) is 0 Å². The molecule has 3 N–H and O–H groups in total. The predicted molar refractivity (Wildman–Crippen MR) is 90.9 cm³/mol. The summed E-state index contributed by atoms with van der Waals surface area (Å²) in [5.41, 5.74) is 10.00. The Morgan fingerprint density at radius 3 is 2.48 bits per heavy atom. The first kappa shape index (κ1) is 15.6. The summed E-state index contributed by atoms with van der Waals surface area (Å²) in [4.78, 5) is 13.5. The molecule has 2 aromatic rings. The van der Waals surface area contributed by atoms with Gasteiger partial charge in [-0.3, -0.25) is 4.79 Å². The Kier molecular flexibility index (Phi) is 5.02. The van der Waals surface area contributed by atoms with Crippen molar-refractivity contribution in [1.29, 1.82) is 0 Å². The molecule has 0 fully saturated rings. The van der Waals surface area contributed by atoms with Crippen LogP contribution in [0.2, 0.25) is 0 Å². The summed E-state index contributed by atoms with van der Waals surface area (Å²) in [6.07, 6.45) is 1.92. The molecule has 1 aromatic heterocycles. The first-order chi connectivity index (χ1) is 10.1. The van der Waals surface area contributed by atoms with Crippen molar-refractivity contribution in [3.8, 4) is 11.1 Å². The monoisotopic (exact) mass is 302 g/mol. The minimum absolute atomic E-state index is 0.0757. The number of benzene rings is 1. The van der Waals surface area contributed by atoms with Crippen molar-refractivity contribution in [2.24, 2.45) is 0 Å². The number of nitrogens with one attached hydrogen (secondary N) is 1. The number of thiophene rings is 1. The van der Waals surface area contributed by atoms with E-state index < -0.39 is 0 Å². The zero-order chi connectivity index (χ0) is 15.4. The first-order valence-corrected chi connectivity index (χ1v) is 8.16. The van der Waals surface area contributed by atoms with Crippen molar-refractivity contribution in [1.82, 2.24) is 5.32 Å². The molecule has 4 heteroatoms. The molecule has 1 aromatic carbocycles. The smallest absolute Gasteiger partial charge is 0.254 e. The van der Waals surface area contributed by atoms with Crippen molar-refractivity contribution in [3.05, 3.63) is 40.3 Å². The lowest BCUT2D eigenvalue weighted by atomic mass is 9.99. The minimum Gasteiger partial charge on any atom is -0.390 e. The lowest BCUT2D eigenvalue weighted by molar-refractivity contribution is 0.0955. The van der Waals surface area contributed by atoms with Crippen molar-refractivity contribution in [3.63, 3.8) is 0 Å². The summed E-state index contributed by atoms with van der Waals surface area (Å²) < 4.78 is 0. The van der Waals surface area contributed by atoms with Crippen LogP contribution in [0, 0.1) is 6.92 Å². The fraction of sp³-hybridized carbons (Fsp3) is 0.353. The molecule has 0 spiro atoms. The Bertz CT molecular complexity index is 629. The third-order valence-corrected chi connectivity index (χ3v) is 4.46. The first-order valence-electron chi connectivity index (χ1n) is 7.34. The van der Waals surface area contributed by atoms with Gasteiger partial charge in [-0.25, -0.2) is 0 Å². The number of hydrogen-bond acceptors (Lipinski definition) is 3. The topological polar surface area (TPSA) is 55.1 Å². The Morgan fingerprint density at radius 1 is 1.24 bits per heavy atom. The van der Waals surface area contributed by atoms with Gasteiger partial charge in [0.1, 0.15) is 0 Å². The minimum atomic E-state index is -0.0757. The summed E-state index contributed by atoms with van der Waals surface area (Å²) in [6, 6.07) is 8.36. The highest BCUT2D eigenvalue weighted by Gasteiger charge is 2.21. The molecule has 3 nitrogen and oxygen atoms in total. The molecule has 0 aliphatic heterocycles. The highest BCUT2D eigenvalue weighted by molar-refractivity contribution is 7.16. The van der Waals surface area contributed by atoms with E-state index in [0.717, 1.165) is 28.8 Å². The van der Waals surface area contributed by atoms with Crippen LogP contribution >= 0.6 is 11.3 Å². The van der Waals surface area contributed by atoms with Gasteiger partial charge in [-0.1, -0.05) is 38.1 Å². The normalized spacial score (nSPS) is 10.6. The highest BCUT2D eigenvalue weighted by Crippen LogP contribution is 2.38. The van der Waals surface area contributed by atoms with Gasteiger partial charge in [0.25, 0.3) is 5.91 Å². The van der Waals surface area contributed by atoms with Crippen LogP contribution in [0.5, 0.6) is 0 Å². The van der Waals surface area contributed by atoms with Crippen LogP contribution in [0.25, 0.3) is 11.1 Å². The van der Waals surface area contributed by atoms with Gasteiger partial charge in [0.2, 0.25) is 0 Å². The molecule has 0 bridgehead atoms. The van der Waals surface area contributed by atoms with Crippen LogP contribution in [-0.2, 0) is 6.42 Å². The average molecular weight is 302 g/mol. The molecule has 0 unspecified atom stereocenters. The van der Waals surface area contributed by atoms with Gasteiger partial charge in [-0.2, -0.15) is 0 Å². The molecule has 0 atom stereocenters. The molecule has 2 rings (SSSR count). The Labute approximate surface area is 130 Å². The average Bonchev–Trinajstić information content (AvgIpc) is 2.79. The van der Waals surface area contributed by atoms with Crippen LogP contribution in [0.1, 0.15) is 41.1 Å². The van der Waals surface area contributed by atoms with Gasteiger partial charge in [0.15, 0.2) is 0 Å². The molecule has 1 amide bonds. The van der Waals surface area contributed by atoms with Gasteiger partial charge >= 0.3 is 0 Å². The molecular formula is C17H22N2OS. The molecule has 21 heavy (non-hydrogen) atoms. The van der Waals surface area contributed by atoms with Crippen LogP contribution < -0.4 is 11.1 Å². The third kappa shape index (κ3) is 3.27. The SMILES string of the molecule is CCCNC(=O)c1c(N)sc(C)c1-c1ccc(CC)cc1. The lowest BCUT2D eigenvalue weighted by Gasteiger charge is -2.08. The standard InChI is InChI=1S/C17H22N2OS/c1-4-10-19-17(20)15-14(11(3)21-16(15)18)13-8-6-12(5-2)7-9-13/h6-9H,4-5,10,18H2,1-3H3,(H,19,20). The Balaban J connectivity index is 2.44. The van der Waals surface area contributed by atoms with E-state index in [0.29, 0.717) is 17.1 Å². The molecule has 1 heterocycles. The van der Waals surface area contributed by atoms with Gasteiger partial charge in [0.05, 0.1) is 10.6 Å². The fourth-order valence-corrected chi connectivity index (χ4v) is 3.32. The predicted octanol–water partition coefficient (Wildman–Crippen LogP) is 4.01. The summed E-state index contributed by atoms with van der Waals surface area (Å²) in [6.45, 7) is 6.85. The Morgan fingerprint density at radius 2 is 1.90 bits per heavy atom. The second-order valence-corrected chi connectivity index (χ2v) is 6.34. The quantitative estimate of drug-likeness (QED) is 0.877. The maximum atomic E-state index is 12.4. The summed E-state index contributed by atoms with van der Waals surface area (Å²) in [5.74, 6) is -0.0757. The van der Waals surface area contributed by atoms with Gasteiger partial charge < -0.3 is 11.1 Å². The fourth-order valence-electron chi connectivity index (χ4n) is 2.37. The number of nitrogen functional groups attached to an aromatic ring is 1. The molecule has 112 valence electrons. The van der Waals surface area contributed by atoms with E-state index in [9.17, 15) is 4.79 Å². The second kappa shape index (κ2) is 6.76. The van der Waals surface area contributed by atoms with E-state index in [1.165, 1.54) is 16.9 Å². The molecular weight excluding hydrogens is 280 g/mol. The number of rotatable bonds is 5. The van der Waals surface area contributed by atoms with Gasteiger partial charge in [-0.15, -0.1) is 11.3 Å². The van der Waals surface area contributed by atoms with Crippen molar-refractivity contribution in [2.45, 2.75) is 33.6 Å². The number of hydrogen-bond donors (Lipinski definition) is 2. The number of aryl methyl sites for hydroxylation is 2. The molecule has 0 saturated heterocycles. The van der Waals surface area contributed by atoms with Crippen molar-refractivity contribution in [2.75, 3.05) is 12.3 Å². The van der Waals surface area contributed by atoms with E-state index in [1.807, 2.05) is 13.8 Å². The number of carbonyl (C=O) groups is 1. The van der Waals surface area contributed by atoms with E-state index in [2.05, 4.69) is 36.5 Å². The molecule has 0 saturated carbocycles. The lowest BCUT2D eigenvalue weighted by Crippen LogP contribution is -2.24. The Hall–Kier alpha value is -1.81. The van der Waals surface area contributed by atoms with E-state index >= 15 is 0 Å². The largest absolute Gasteiger partial charge is 0.390 e. The van der Waals surface area contributed by atoms with Crippen molar-refractivity contribution >= 4 is 22.2 Å². The summed E-state index contributed by atoms with van der Waals surface area (Å²) in [7, 11) is 0. The van der Waals surface area contributed by atoms with Crippen LogP contribution in [-0.4, -0.2) is 12.5 Å². The maximum Gasteiger partial charge on any atom is 0.254 e. The second-order valence-electron chi connectivity index (χ2n) is 5.08. The zero-order valence-electron chi connectivity index (χ0n) is 12.8. The van der Waals surface area contributed by atoms with Gasteiger partial charge in [-0.05, 0) is 30.9 Å². The number of anilines is 1. The van der Waals surface area contributed by atoms with E-state index in [1.54, 1.807) is 0 Å². The number of nitrogens with two attached hydrogens (primary N) is 1. The van der Waals surface area contributed by atoms with Crippen molar-refractivity contribution < 1.29 is 4.79 Å². The number of amides is 1. The molecule has 0 aliphatic carbocycles. The molecule has 0 aliphatic rings. The summed E-state index contributed by atoms with van der Waals surface area (Å²) >= 11 is 1.48. The van der Waals surface area contributed by atoms with E-state index in [-0.39, 0.29) is 5.91 Å².